The molecule has 1 aliphatic rings. The summed E-state index contributed by atoms with van der Waals surface area (Å²) in [6.45, 7) is 6.70. The number of hydrogen-bond donors (Lipinski definition) is 1. The number of imide groups is 1. The third kappa shape index (κ3) is 2.87. The van der Waals surface area contributed by atoms with E-state index < -0.39 is 23.0 Å². The van der Waals surface area contributed by atoms with Crippen LogP contribution in [0.2, 0.25) is 0 Å². The van der Waals surface area contributed by atoms with Crippen LogP contribution in [0.3, 0.4) is 0 Å². The molecule has 18 heavy (non-hydrogen) atoms. The van der Waals surface area contributed by atoms with E-state index in [4.69, 9.17) is 4.74 Å². The number of amides is 3. The maximum Gasteiger partial charge on any atom is 0.252 e. The molecule has 0 aromatic carbocycles. The number of piperazine rings is 1. The van der Waals surface area contributed by atoms with Gasteiger partial charge in [-0.05, 0) is 27.7 Å². The van der Waals surface area contributed by atoms with Crippen molar-refractivity contribution in [2.75, 3.05) is 13.7 Å². The third-order valence-electron chi connectivity index (χ3n) is 3.22. The Morgan fingerprint density at radius 3 is 2.50 bits per heavy atom. The van der Waals surface area contributed by atoms with Crippen LogP contribution in [-0.2, 0) is 19.1 Å². The minimum atomic E-state index is -1.02. The first-order chi connectivity index (χ1) is 8.10. The van der Waals surface area contributed by atoms with Crippen LogP contribution in [0.4, 0.5) is 0 Å². The van der Waals surface area contributed by atoms with Crippen molar-refractivity contribution in [1.29, 1.82) is 0 Å². The second kappa shape index (κ2) is 4.68. The van der Waals surface area contributed by atoms with Gasteiger partial charge in [-0.3, -0.25) is 19.7 Å². The molecule has 102 valence electrons. The highest BCUT2D eigenvalue weighted by Gasteiger charge is 2.44. The van der Waals surface area contributed by atoms with Crippen molar-refractivity contribution in [3.05, 3.63) is 0 Å². The van der Waals surface area contributed by atoms with Gasteiger partial charge in [-0.15, -0.1) is 0 Å². The van der Waals surface area contributed by atoms with Crippen molar-refractivity contribution in [1.82, 2.24) is 10.2 Å². The normalized spacial score (nSPS) is 19.7. The van der Waals surface area contributed by atoms with E-state index in [1.165, 1.54) is 12.0 Å². The molecule has 0 bridgehead atoms. The van der Waals surface area contributed by atoms with Gasteiger partial charge in [-0.25, -0.2) is 0 Å². The van der Waals surface area contributed by atoms with Gasteiger partial charge in [-0.1, -0.05) is 0 Å². The Morgan fingerprint density at radius 2 is 2.00 bits per heavy atom. The molecule has 0 aliphatic carbocycles. The zero-order chi connectivity index (χ0) is 14.1. The molecule has 1 saturated heterocycles. The fraction of sp³-hybridized carbons (Fsp3) is 0.750. The van der Waals surface area contributed by atoms with E-state index in [9.17, 15) is 14.4 Å². The van der Waals surface area contributed by atoms with Gasteiger partial charge in [0.25, 0.3) is 5.91 Å². The lowest BCUT2D eigenvalue weighted by molar-refractivity contribution is -0.158. The maximum atomic E-state index is 12.2. The number of methoxy groups -OCH3 is 1. The molecule has 1 heterocycles. The average Bonchev–Trinajstić information content (AvgIpc) is 2.23. The summed E-state index contributed by atoms with van der Waals surface area (Å²) >= 11 is 0. The van der Waals surface area contributed by atoms with Crippen molar-refractivity contribution in [3.8, 4) is 0 Å². The van der Waals surface area contributed by atoms with Gasteiger partial charge in [0.1, 0.15) is 12.1 Å². The summed E-state index contributed by atoms with van der Waals surface area (Å²) in [4.78, 5) is 36.6. The van der Waals surface area contributed by atoms with Gasteiger partial charge in [0.05, 0.1) is 12.0 Å². The van der Waals surface area contributed by atoms with E-state index in [1.54, 1.807) is 27.7 Å². The minimum Gasteiger partial charge on any atom is -0.378 e. The van der Waals surface area contributed by atoms with Gasteiger partial charge >= 0.3 is 0 Å². The van der Waals surface area contributed by atoms with E-state index in [0.717, 1.165) is 0 Å². The Balaban J connectivity index is 2.89. The van der Waals surface area contributed by atoms with Crippen LogP contribution in [0.15, 0.2) is 0 Å². The van der Waals surface area contributed by atoms with E-state index in [-0.39, 0.29) is 18.9 Å². The molecule has 6 nitrogen and oxygen atoms in total. The molecule has 1 fully saturated rings. The first-order valence-electron chi connectivity index (χ1n) is 5.80. The molecular weight excluding hydrogens is 236 g/mol. The quantitative estimate of drug-likeness (QED) is 0.725. The topological polar surface area (TPSA) is 75.7 Å². The van der Waals surface area contributed by atoms with Gasteiger partial charge in [0, 0.05) is 7.11 Å². The van der Waals surface area contributed by atoms with E-state index >= 15 is 0 Å². The van der Waals surface area contributed by atoms with Gasteiger partial charge in [0.15, 0.2) is 0 Å². The second-order valence-electron chi connectivity index (χ2n) is 5.56. The summed E-state index contributed by atoms with van der Waals surface area (Å²) in [5.41, 5.74) is -1.64. The highest BCUT2D eigenvalue weighted by atomic mass is 16.5. The summed E-state index contributed by atoms with van der Waals surface area (Å²) in [7, 11) is 1.52. The molecule has 0 atom stereocenters. The molecule has 1 N–H and O–H groups in total. The number of carbonyl (C=O) groups is 3. The molecular formula is C12H20N2O4. The molecule has 6 heteroatoms. The molecule has 0 aromatic heterocycles. The summed E-state index contributed by atoms with van der Waals surface area (Å²) in [6.07, 6.45) is 0.119. The van der Waals surface area contributed by atoms with Crippen molar-refractivity contribution >= 4 is 17.7 Å². The smallest absolute Gasteiger partial charge is 0.252 e. The maximum absolute atomic E-state index is 12.2. The van der Waals surface area contributed by atoms with Gasteiger partial charge in [0.2, 0.25) is 11.8 Å². The standard InChI is InChI=1S/C12H20N2O4/c1-11(2,18-5)6-9(16)14-7-8(15)13-10(17)12(14,3)4/h6-7H2,1-5H3,(H,13,15,17). The summed E-state index contributed by atoms with van der Waals surface area (Å²) in [5.74, 6) is -1.18. The lowest BCUT2D eigenvalue weighted by Crippen LogP contribution is -2.65. The summed E-state index contributed by atoms with van der Waals surface area (Å²) < 4.78 is 5.19. The average molecular weight is 256 g/mol. The Hall–Kier alpha value is -1.43. The Bertz CT molecular complexity index is 388. The Morgan fingerprint density at radius 1 is 1.44 bits per heavy atom. The lowest BCUT2D eigenvalue weighted by Gasteiger charge is -2.41. The summed E-state index contributed by atoms with van der Waals surface area (Å²) in [5, 5.41) is 2.23. The molecule has 1 aliphatic heterocycles. The highest BCUT2D eigenvalue weighted by Crippen LogP contribution is 2.22. The van der Waals surface area contributed by atoms with Crippen LogP contribution < -0.4 is 5.32 Å². The fourth-order valence-electron chi connectivity index (χ4n) is 1.71. The number of nitrogens with one attached hydrogen (secondary N) is 1. The lowest BCUT2D eigenvalue weighted by atomic mass is 9.96. The van der Waals surface area contributed by atoms with Gasteiger partial charge in [-0.2, -0.15) is 0 Å². The van der Waals surface area contributed by atoms with E-state index in [2.05, 4.69) is 5.32 Å². The van der Waals surface area contributed by atoms with Crippen LogP contribution in [0.5, 0.6) is 0 Å². The number of nitrogens with zero attached hydrogens (tertiary/aromatic N) is 1. The second-order valence-corrected chi connectivity index (χ2v) is 5.56. The van der Waals surface area contributed by atoms with Gasteiger partial charge < -0.3 is 9.64 Å². The van der Waals surface area contributed by atoms with Crippen molar-refractivity contribution in [2.45, 2.75) is 45.3 Å². The molecule has 1 rings (SSSR count). The number of carbonyl (C=O) groups excluding carboxylic acids is 3. The van der Waals surface area contributed by atoms with Crippen LogP contribution in [-0.4, -0.2) is 47.4 Å². The zero-order valence-electron chi connectivity index (χ0n) is 11.5. The molecule has 0 spiro atoms. The third-order valence-corrected chi connectivity index (χ3v) is 3.22. The number of rotatable bonds is 3. The number of ether oxygens (including phenoxy) is 1. The zero-order valence-corrected chi connectivity index (χ0v) is 11.5. The molecule has 0 radical (unpaired) electrons. The Kier molecular flexibility index (Phi) is 3.81. The van der Waals surface area contributed by atoms with Crippen LogP contribution in [0, 0.1) is 0 Å². The molecule has 3 amide bonds. The van der Waals surface area contributed by atoms with Crippen LogP contribution in [0.1, 0.15) is 34.1 Å². The molecule has 0 aromatic rings. The fourth-order valence-corrected chi connectivity index (χ4v) is 1.71. The Labute approximate surface area is 107 Å². The van der Waals surface area contributed by atoms with Crippen molar-refractivity contribution in [2.24, 2.45) is 0 Å². The highest BCUT2D eigenvalue weighted by molar-refractivity contribution is 6.06. The van der Waals surface area contributed by atoms with E-state index in [1.807, 2.05) is 0 Å². The predicted molar refractivity (Wildman–Crippen MR) is 64.6 cm³/mol. The van der Waals surface area contributed by atoms with Crippen LogP contribution >= 0.6 is 0 Å². The predicted octanol–water partition coefficient (Wildman–Crippen LogP) is 0.0651. The SMILES string of the molecule is COC(C)(C)CC(=O)N1CC(=O)NC(=O)C1(C)C. The minimum absolute atomic E-state index is 0.0998. The van der Waals surface area contributed by atoms with Crippen molar-refractivity contribution in [3.63, 3.8) is 0 Å². The number of hydrogen-bond acceptors (Lipinski definition) is 4. The largest absolute Gasteiger partial charge is 0.378 e. The molecule has 0 saturated carbocycles. The monoisotopic (exact) mass is 256 g/mol. The van der Waals surface area contributed by atoms with E-state index in [0.29, 0.717) is 0 Å². The summed E-state index contributed by atoms with van der Waals surface area (Å²) in [6, 6.07) is 0. The molecule has 0 unspecified atom stereocenters. The first kappa shape index (κ1) is 14.6. The first-order valence-corrected chi connectivity index (χ1v) is 5.80. The van der Waals surface area contributed by atoms with Crippen molar-refractivity contribution < 1.29 is 19.1 Å². The van der Waals surface area contributed by atoms with Crippen LogP contribution in [0.25, 0.3) is 0 Å².